The molecule has 11 heteroatoms. The van der Waals surface area contributed by atoms with Crippen molar-refractivity contribution in [3.05, 3.63) is 122 Å². The molecule has 0 saturated heterocycles. The number of hydrazone groups is 1. The Bertz CT molecular complexity index is 1620. The highest BCUT2D eigenvalue weighted by atomic mass is 79.9. The molecule has 0 saturated carbocycles. The lowest BCUT2D eigenvalue weighted by Gasteiger charge is -2.21. The maximum atomic E-state index is 13.3. The lowest BCUT2D eigenvalue weighted by Crippen LogP contribution is -2.50. The van der Waals surface area contributed by atoms with Gasteiger partial charge < -0.3 is 19.5 Å². The van der Waals surface area contributed by atoms with Gasteiger partial charge in [-0.05, 0) is 76.8 Å². The van der Waals surface area contributed by atoms with Gasteiger partial charge in [0, 0.05) is 11.4 Å². The van der Waals surface area contributed by atoms with E-state index in [1.807, 2.05) is 73.7 Å². The molecule has 45 heavy (non-hydrogen) atoms. The van der Waals surface area contributed by atoms with Crippen molar-refractivity contribution in [1.82, 2.24) is 10.7 Å². The van der Waals surface area contributed by atoms with E-state index in [1.54, 1.807) is 25.1 Å². The number of amides is 2. The summed E-state index contributed by atoms with van der Waals surface area (Å²) in [5.41, 5.74) is 5.08. The number of nitrogens with zero attached hydrogens (tertiary/aromatic N) is 1. The molecule has 4 rings (SSSR count). The molecule has 0 bridgehead atoms. The van der Waals surface area contributed by atoms with Gasteiger partial charge in [-0.2, -0.15) is 5.10 Å². The molecule has 0 fully saturated rings. The number of hydrogen-bond acceptors (Lipinski definition) is 6. The van der Waals surface area contributed by atoms with Gasteiger partial charge in [0.2, 0.25) is 0 Å². The highest BCUT2D eigenvalue weighted by Crippen LogP contribution is 2.37. The third-order valence-electron chi connectivity index (χ3n) is 6.43. The first-order valence-corrected chi connectivity index (χ1v) is 15.7. The molecule has 0 radical (unpaired) electrons. The highest BCUT2D eigenvalue weighted by molar-refractivity contribution is 9.10. The lowest BCUT2D eigenvalue weighted by molar-refractivity contribution is -0.132. The van der Waals surface area contributed by atoms with Gasteiger partial charge in [-0.3, -0.25) is 9.59 Å². The molecule has 4 aromatic rings. The summed E-state index contributed by atoms with van der Waals surface area (Å²) in [6, 6.07) is 26.5. The van der Waals surface area contributed by atoms with Crippen molar-refractivity contribution in [1.29, 1.82) is 0 Å². The van der Waals surface area contributed by atoms with Crippen LogP contribution in [0.4, 0.5) is 0 Å². The molecule has 2 atom stereocenters. The van der Waals surface area contributed by atoms with Gasteiger partial charge in [-0.15, -0.1) is 0 Å². The molecule has 2 amide bonds. The summed E-state index contributed by atoms with van der Waals surface area (Å²) < 4.78 is 18.3. The van der Waals surface area contributed by atoms with E-state index >= 15 is 0 Å². The van der Waals surface area contributed by atoms with Gasteiger partial charge in [0.05, 0.1) is 22.3 Å². The van der Waals surface area contributed by atoms with Gasteiger partial charge in [0.1, 0.15) is 18.4 Å². The average molecular weight is 713 g/mol. The summed E-state index contributed by atoms with van der Waals surface area (Å²) in [7, 11) is 0. The zero-order valence-electron chi connectivity index (χ0n) is 24.6. The van der Waals surface area contributed by atoms with E-state index in [0.717, 1.165) is 11.1 Å². The molecule has 2 N–H and O–H groups in total. The third-order valence-corrected chi connectivity index (χ3v) is 7.55. The van der Waals surface area contributed by atoms with Crippen molar-refractivity contribution < 1.29 is 23.8 Å². The number of hydrogen-bond donors (Lipinski definition) is 2. The summed E-state index contributed by atoms with van der Waals surface area (Å²) in [6.45, 7) is 4.25. The van der Waals surface area contributed by atoms with E-state index in [4.69, 9.17) is 37.4 Å². The summed E-state index contributed by atoms with van der Waals surface area (Å²) >= 11 is 15.7. The largest absolute Gasteiger partial charge is 0.490 e. The Hall–Kier alpha value is -4.05. The SMILES string of the molecule is CCOc1cc(/C=N\NC(=O)[C@@H](Cc2ccccc2)NC(=O)[C@@H](C)Oc2ccc(Cl)cc2Cl)cc(Br)c1OCc1ccccc1. The molecule has 0 aromatic heterocycles. The van der Waals surface area contributed by atoms with Gasteiger partial charge in [0.15, 0.2) is 17.6 Å². The standard InChI is InChI=1S/C34H32BrCl2N3O5/c1-3-43-31-18-25(16-27(35)32(31)44-21-24-12-8-5-9-13-24)20-38-40-34(42)29(17-23-10-6-4-7-11-23)39-33(41)22(2)45-30-15-14-26(36)19-28(30)37/h4-16,18-20,22,29H,3,17,21H2,1-2H3,(H,39,41)(H,40,42)/b38-20-/t22-,29-/m1/s1. The second kappa shape index (κ2) is 16.9. The summed E-state index contributed by atoms with van der Waals surface area (Å²) in [5, 5.41) is 7.64. The maximum Gasteiger partial charge on any atom is 0.262 e. The Labute approximate surface area is 280 Å². The van der Waals surface area contributed by atoms with Crippen molar-refractivity contribution >= 4 is 57.2 Å². The second-order valence-electron chi connectivity index (χ2n) is 9.86. The zero-order chi connectivity index (χ0) is 32.2. The molecule has 0 aliphatic carbocycles. The van der Waals surface area contributed by atoms with E-state index in [0.29, 0.717) is 45.5 Å². The van der Waals surface area contributed by atoms with Crippen LogP contribution in [-0.4, -0.2) is 36.8 Å². The van der Waals surface area contributed by atoms with Crippen molar-refractivity contribution in [2.75, 3.05) is 6.61 Å². The number of halogens is 3. The molecule has 234 valence electrons. The maximum absolute atomic E-state index is 13.3. The van der Waals surface area contributed by atoms with Crippen molar-refractivity contribution in [2.24, 2.45) is 5.10 Å². The molecule has 0 heterocycles. The number of carbonyl (C=O) groups is 2. The lowest BCUT2D eigenvalue weighted by atomic mass is 10.1. The molecular formula is C34H32BrCl2N3O5. The minimum Gasteiger partial charge on any atom is -0.490 e. The van der Waals surface area contributed by atoms with Gasteiger partial charge in [-0.1, -0.05) is 83.9 Å². The molecule has 0 unspecified atom stereocenters. The predicted molar refractivity (Wildman–Crippen MR) is 180 cm³/mol. The quantitative estimate of drug-likeness (QED) is 0.105. The van der Waals surface area contributed by atoms with E-state index < -0.39 is 24.0 Å². The fourth-order valence-electron chi connectivity index (χ4n) is 4.21. The van der Waals surface area contributed by atoms with Crippen molar-refractivity contribution in [3.63, 3.8) is 0 Å². The fraction of sp³-hybridized carbons (Fsp3) is 0.206. The van der Waals surface area contributed by atoms with E-state index in [1.165, 1.54) is 12.3 Å². The molecule has 4 aromatic carbocycles. The first kappa shape index (κ1) is 33.8. The topological polar surface area (TPSA) is 98.2 Å². The predicted octanol–water partition coefficient (Wildman–Crippen LogP) is 7.38. The van der Waals surface area contributed by atoms with Crippen LogP contribution in [0.5, 0.6) is 17.2 Å². The Kier molecular flexibility index (Phi) is 12.7. The molecular weight excluding hydrogens is 681 g/mol. The Balaban J connectivity index is 1.45. The second-order valence-corrected chi connectivity index (χ2v) is 11.6. The van der Waals surface area contributed by atoms with Crippen LogP contribution < -0.4 is 25.0 Å². The smallest absolute Gasteiger partial charge is 0.262 e. The van der Waals surface area contributed by atoms with Crippen molar-refractivity contribution in [3.8, 4) is 17.2 Å². The number of benzene rings is 4. The first-order valence-electron chi connectivity index (χ1n) is 14.2. The number of carbonyl (C=O) groups excluding carboxylic acids is 2. The first-order chi connectivity index (χ1) is 21.7. The molecule has 0 aliphatic heterocycles. The Morgan fingerprint density at radius 3 is 2.24 bits per heavy atom. The summed E-state index contributed by atoms with van der Waals surface area (Å²) in [4.78, 5) is 26.4. The number of ether oxygens (including phenoxy) is 3. The van der Waals surface area contributed by atoms with Gasteiger partial charge in [-0.25, -0.2) is 5.43 Å². The van der Waals surface area contributed by atoms with Crippen LogP contribution in [0.2, 0.25) is 10.0 Å². The van der Waals surface area contributed by atoms with Crippen molar-refractivity contribution in [2.45, 2.75) is 39.0 Å². The summed E-state index contributed by atoms with van der Waals surface area (Å²) in [5.74, 6) is 0.374. The monoisotopic (exact) mass is 711 g/mol. The molecule has 0 spiro atoms. The summed E-state index contributed by atoms with van der Waals surface area (Å²) in [6.07, 6.45) is 0.771. The zero-order valence-corrected chi connectivity index (χ0v) is 27.7. The molecule has 0 aliphatic rings. The van der Waals surface area contributed by atoms with Crippen LogP contribution in [0.3, 0.4) is 0 Å². The minimum absolute atomic E-state index is 0.232. The minimum atomic E-state index is -0.949. The third kappa shape index (κ3) is 10.2. The Morgan fingerprint density at radius 2 is 1.58 bits per heavy atom. The van der Waals surface area contributed by atoms with Crippen LogP contribution in [-0.2, 0) is 22.6 Å². The van der Waals surface area contributed by atoms with Crippen LogP contribution in [0.15, 0.2) is 101 Å². The van der Waals surface area contributed by atoms with E-state index in [-0.39, 0.29) is 11.4 Å². The van der Waals surface area contributed by atoms with Gasteiger partial charge in [0.25, 0.3) is 11.8 Å². The van der Waals surface area contributed by atoms with Crippen LogP contribution in [0, 0.1) is 0 Å². The average Bonchev–Trinajstić information content (AvgIpc) is 3.02. The normalized spacial score (nSPS) is 12.3. The fourth-order valence-corrected chi connectivity index (χ4v) is 5.23. The van der Waals surface area contributed by atoms with E-state index in [9.17, 15) is 9.59 Å². The molecule has 8 nitrogen and oxygen atoms in total. The van der Waals surface area contributed by atoms with Crippen LogP contribution in [0.1, 0.15) is 30.5 Å². The number of nitrogens with one attached hydrogen (secondary N) is 2. The number of rotatable bonds is 14. The van der Waals surface area contributed by atoms with Crippen LogP contribution in [0.25, 0.3) is 0 Å². The highest BCUT2D eigenvalue weighted by Gasteiger charge is 2.25. The van der Waals surface area contributed by atoms with Crippen LogP contribution >= 0.6 is 39.1 Å². The Morgan fingerprint density at radius 1 is 0.889 bits per heavy atom. The van der Waals surface area contributed by atoms with Gasteiger partial charge >= 0.3 is 0 Å². The van der Waals surface area contributed by atoms with E-state index in [2.05, 4.69) is 31.8 Å².